The molecule has 2 aliphatic heterocycles. The van der Waals surface area contributed by atoms with E-state index in [0.717, 1.165) is 43.8 Å². The van der Waals surface area contributed by atoms with Crippen molar-refractivity contribution in [1.29, 1.82) is 0 Å². The third kappa shape index (κ3) is 5.09. The number of carbonyl (C=O) groups is 1. The molecular formula is C29H37N3O3. The average molecular weight is 476 g/mol. The van der Waals surface area contributed by atoms with Gasteiger partial charge in [-0.2, -0.15) is 0 Å². The molecule has 0 bridgehead atoms. The number of fused-ring (bicyclic) bond motifs is 1. The van der Waals surface area contributed by atoms with E-state index in [2.05, 4.69) is 40.6 Å². The Morgan fingerprint density at radius 3 is 2.49 bits per heavy atom. The van der Waals surface area contributed by atoms with Gasteiger partial charge in [-0.05, 0) is 86.0 Å². The van der Waals surface area contributed by atoms with Crippen LogP contribution in [0.15, 0.2) is 54.6 Å². The van der Waals surface area contributed by atoms with Crippen LogP contribution in [0, 0.1) is 0 Å². The number of aliphatic hydroxyl groups is 1. The highest BCUT2D eigenvalue weighted by molar-refractivity contribution is 5.89. The molecule has 5 rings (SSSR count). The minimum atomic E-state index is -0.0669. The molecule has 2 aromatic rings. The smallest absolute Gasteiger partial charge is 0.321 e. The number of rotatable bonds is 5. The van der Waals surface area contributed by atoms with Crippen molar-refractivity contribution in [1.82, 2.24) is 9.80 Å². The summed E-state index contributed by atoms with van der Waals surface area (Å²) in [4.78, 5) is 17.5. The average Bonchev–Trinajstić information content (AvgIpc) is 2.89. The molecule has 1 aliphatic carbocycles. The lowest BCUT2D eigenvalue weighted by Gasteiger charge is -2.57. The van der Waals surface area contributed by atoms with E-state index in [1.807, 2.05) is 29.2 Å². The van der Waals surface area contributed by atoms with Crippen LogP contribution in [0.1, 0.15) is 55.6 Å². The largest absolute Gasteiger partial charge is 0.497 e. The molecule has 2 saturated heterocycles. The number of nitrogens with zero attached hydrogens (tertiary/aromatic N) is 2. The number of nitrogens with one attached hydrogen (secondary N) is 1. The van der Waals surface area contributed by atoms with Gasteiger partial charge in [0.1, 0.15) is 5.75 Å². The van der Waals surface area contributed by atoms with Gasteiger partial charge in [0.2, 0.25) is 0 Å². The SMILES string of the molecule is COc1ccc(NC(=O)N2CCCCN3[C@H](CO)[C@@H](c4ccc(C5=CCCCC5)cc4)[C@H]3C2)cc1. The van der Waals surface area contributed by atoms with E-state index in [4.69, 9.17) is 4.74 Å². The molecule has 2 aromatic carbocycles. The Morgan fingerprint density at radius 2 is 1.80 bits per heavy atom. The number of urea groups is 1. The first-order valence-electron chi connectivity index (χ1n) is 13.0. The maximum atomic E-state index is 13.2. The lowest BCUT2D eigenvalue weighted by Crippen LogP contribution is -2.68. The predicted molar refractivity (Wildman–Crippen MR) is 140 cm³/mol. The summed E-state index contributed by atoms with van der Waals surface area (Å²) >= 11 is 0. The second kappa shape index (κ2) is 10.8. The van der Waals surface area contributed by atoms with Gasteiger partial charge in [0.25, 0.3) is 0 Å². The number of methoxy groups -OCH3 is 1. The quantitative estimate of drug-likeness (QED) is 0.631. The van der Waals surface area contributed by atoms with Gasteiger partial charge in [-0.25, -0.2) is 4.79 Å². The minimum absolute atomic E-state index is 0.0669. The van der Waals surface area contributed by atoms with E-state index in [1.165, 1.54) is 36.0 Å². The second-order valence-electron chi connectivity index (χ2n) is 9.99. The Labute approximate surface area is 208 Å². The maximum Gasteiger partial charge on any atom is 0.321 e. The number of amides is 2. The number of benzene rings is 2. The molecule has 6 heteroatoms. The monoisotopic (exact) mass is 475 g/mol. The molecule has 2 fully saturated rings. The van der Waals surface area contributed by atoms with E-state index >= 15 is 0 Å². The molecule has 186 valence electrons. The van der Waals surface area contributed by atoms with Gasteiger partial charge in [0.15, 0.2) is 0 Å². The van der Waals surface area contributed by atoms with Crippen molar-refractivity contribution in [3.63, 3.8) is 0 Å². The summed E-state index contributed by atoms with van der Waals surface area (Å²) in [7, 11) is 1.63. The van der Waals surface area contributed by atoms with Crippen molar-refractivity contribution in [3.8, 4) is 5.75 Å². The number of ether oxygens (including phenoxy) is 1. The predicted octanol–water partition coefficient (Wildman–Crippen LogP) is 5.11. The summed E-state index contributed by atoms with van der Waals surface area (Å²) in [6.45, 7) is 2.53. The lowest BCUT2D eigenvalue weighted by molar-refractivity contribution is -0.0585. The summed E-state index contributed by atoms with van der Waals surface area (Å²) in [5.74, 6) is 0.992. The molecule has 0 saturated carbocycles. The first kappa shape index (κ1) is 23.9. The van der Waals surface area contributed by atoms with Crippen molar-refractivity contribution in [2.75, 3.05) is 38.7 Å². The highest BCUT2D eigenvalue weighted by Crippen LogP contribution is 2.42. The highest BCUT2D eigenvalue weighted by atomic mass is 16.5. The number of hydrogen-bond acceptors (Lipinski definition) is 4. The van der Waals surface area contributed by atoms with E-state index in [-0.39, 0.29) is 30.6 Å². The van der Waals surface area contributed by atoms with Crippen molar-refractivity contribution >= 4 is 17.3 Å². The number of carbonyl (C=O) groups excluding carboxylic acids is 1. The van der Waals surface area contributed by atoms with Crippen molar-refractivity contribution in [2.45, 2.75) is 56.5 Å². The Hall–Kier alpha value is -2.83. The summed E-state index contributed by atoms with van der Waals surface area (Å²) in [6, 6.07) is 16.7. The van der Waals surface area contributed by atoms with Crippen LogP contribution in [0.2, 0.25) is 0 Å². The number of allylic oxidation sites excluding steroid dienone is 2. The molecule has 0 spiro atoms. The van der Waals surface area contributed by atoms with Crippen LogP contribution in [0.5, 0.6) is 5.75 Å². The van der Waals surface area contributed by atoms with Gasteiger partial charge in [-0.1, -0.05) is 30.3 Å². The summed E-state index contributed by atoms with van der Waals surface area (Å²) < 4.78 is 5.22. The molecule has 35 heavy (non-hydrogen) atoms. The van der Waals surface area contributed by atoms with Crippen LogP contribution >= 0.6 is 0 Å². The zero-order chi connectivity index (χ0) is 24.2. The fourth-order valence-corrected chi connectivity index (χ4v) is 6.02. The van der Waals surface area contributed by atoms with Crippen molar-refractivity contribution < 1.29 is 14.6 Å². The van der Waals surface area contributed by atoms with E-state index in [0.29, 0.717) is 6.54 Å². The van der Waals surface area contributed by atoms with Gasteiger partial charge >= 0.3 is 6.03 Å². The zero-order valence-corrected chi connectivity index (χ0v) is 20.7. The molecular weight excluding hydrogens is 438 g/mol. The summed E-state index contributed by atoms with van der Waals surface area (Å²) in [5, 5.41) is 13.3. The molecule has 0 radical (unpaired) electrons. The molecule has 3 aliphatic rings. The first-order valence-corrected chi connectivity index (χ1v) is 13.0. The lowest BCUT2D eigenvalue weighted by atomic mass is 9.74. The minimum Gasteiger partial charge on any atom is -0.497 e. The van der Waals surface area contributed by atoms with Crippen LogP contribution in [0.4, 0.5) is 10.5 Å². The number of aliphatic hydroxyl groups excluding tert-OH is 1. The summed E-state index contributed by atoms with van der Waals surface area (Å²) in [5.41, 5.74) is 4.81. The Kier molecular flexibility index (Phi) is 7.40. The van der Waals surface area contributed by atoms with Gasteiger partial charge in [-0.15, -0.1) is 0 Å². The molecule has 6 nitrogen and oxygen atoms in total. The van der Waals surface area contributed by atoms with E-state index in [9.17, 15) is 9.90 Å². The second-order valence-corrected chi connectivity index (χ2v) is 9.99. The number of hydrogen-bond donors (Lipinski definition) is 2. The van der Waals surface area contributed by atoms with Crippen molar-refractivity contribution in [3.05, 3.63) is 65.7 Å². The molecule has 2 heterocycles. The van der Waals surface area contributed by atoms with E-state index in [1.54, 1.807) is 7.11 Å². The zero-order valence-electron chi connectivity index (χ0n) is 20.7. The fraction of sp³-hybridized carbons (Fsp3) is 0.483. The van der Waals surface area contributed by atoms with Crippen molar-refractivity contribution in [2.24, 2.45) is 0 Å². The van der Waals surface area contributed by atoms with Crippen LogP contribution in [-0.4, -0.2) is 66.4 Å². The Morgan fingerprint density at radius 1 is 1.03 bits per heavy atom. The van der Waals surface area contributed by atoms with Gasteiger partial charge < -0.3 is 20.1 Å². The maximum absolute atomic E-state index is 13.2. The molecule has 2 N–H and O–H groups in total. The van der Waals surface area contributed by atoms with E-state index < -0.39 is 0 Å². The molecule has 0 unspecified atom stereocenters. The highest BCUT2D eigenvalue weighted by Gasteiger charge is 2.49. The first-order chi connectivity index (χ1) is 17.2. The van der Waals surface area contributed by atoms with Gasteiger partial charge in [0, 0.05) is 36.8 Å². The summed E-state index contributed by atoms with van der Waals surface area (Å²) in [6.07, 6.45) is 9.28. The van der Waals surface area contributed by atoms with Gasteiger partial charge in [0.05, 0.1) is 13.7 Å². The van der Waals surface area contributed by atoms with Crippen LogP contribution in [-0.2, 0) is 0 Å². The normalized spacial score (nSPS) is 24.9. The van der Waals surface area contributed by atoms with Gasteiger partial charge in [-0.3, -0.25) is 4.90 Å². The third-order valence-corrected chi connectivity index (χ3v) is 7.96. The third-order valence-electron chi connectivity index (χ3n) is 7.96. The molecule has 3 atom stereocenters. The van der Waals surface area contributed by atoms with Crippen LogP contribution in [0.25, 0.3) is 5.57 Å². The van der Waals surface area contributed by atoms with Crippen LogP contribution < -0.4 is 10.1 Å². The molecule has 0 aromatic heterocycles. The topological polar surface area (TPSA) is 65.0 Å². The Bertz CT molecular complexity index is 1030. The Balaban J connectivity index is 1.31. The van der Waals surface area contributed by atoms with Crippen LogP contribution in [0.3, 0.4) is 0 Å². The molecule has 2 amide bonds. The standard InChI is InChI=1S/C29H37N3O3/c1-35-25-15-13-24(14-16-25)30-29(34)31-17-5-6-18-32-26(19-31)28(27(32)20-33)23-11-9-22(10-12-23)21-7-3-2-4-8-21/h7,9-16,26-28,33H,2-6,8,17-20H2,1H3,(H,30,34)/t26-,27-,28+/m1/s1. The fourth-order valence-electron chi connectivity index (χ4n) is 6.02. The number of anilines is 1.